The van der Waals surface area contributed by atoms with E-state index in [-0.39, 0.29) is 0 Å². The molecule has 3 aromatic heterocycles. The predicted molar refractivity (Wildman–Crippen MR) is 79.2 cm³/mol. The Balaban J connectivity index is 2.22. The third kappa shape index (κ3) is 2.06. The zero-order chi connectivity index (χ0) is 14.1. The van der Waals surface area contributed by atoms with Gasteiger partial charge < -0.3 is 9.88 Å². The van der Waals surface area contributed by atoms with Crippen LogP contribution in [0.4, 0.5) is 0 Å². The molecule has 0 unspecified atom stereocenters. The molecule has 0 radical (unpaired) electrons. The van der Waals surface area contributed by atoms with E-state index >= 15 is 0 Å². The van der Waals surface area contributed by atoms with Crippen LogP contribution in [0.15, 0.2) is 30.6 Å². The Morgan fingerprint density at radius 3 is 2.80 bits per heavy atom. The van der Waals surface area contributed by atoms with E-state index < -0.39 is 0 Å². The fourth-order valence-electron chi connectivity index (χ4n) is 2.48. The van der Waals surface area contributed by atoms with Crippen LogP contribution in [-0.4, -0.2) is 26.6 Å². The highest BCUT2D eigenvalue weighted by Crippen LogP contribution is 2.24. The molecule has 1 N–H and O–H groups in total. The molecule has 0 aliphatic rings. The van der Waals surface area contributed by atoms with Crippen molar-refractivity contribution in [3.63, 3.8) is 0 Å². The van der Waals surface area contributed by atoms with Crippen LogP contribution in [0, 0.1) is 6.92 Å². The minimum absolute atomic E-state index is 0.674. The highest BCUT2D eigenvalue weighted by molar-refractivity contribution is 5.84. The van der Waals surface area contributed by atoms with Crippen LogP contribution in [0.1, 0.15) is 11.3 Å². The number of pyridine rings is 1. The Bertz CT molecular complexity index is 746. The van der Waals surface area contributed by atoms with E-state index in [2.05, 4.69) is 26.5 Å². The molecule has 5 heteroatoms. The van der Waals surface area contributed by atoms with Crippen LogP contribution in [-0.2, 0) is 13.6 Å². The lowest BCUT2D eigenvalue weighted by Gasteiger charge is -2.04. The summed E-state index contributed by atoms with van der Waals surface area (Å²) in [5.74, 6) is 0.674. The maximum absolute atomic E-state index is 4.67. The van der Waals surface area contributed by atoms with E-state index in [0.717, 1.165) is 29.0 Å². The first-order valence-corrected chi connectivity index (χ1v) is 6.59. The molecule has 0 bridgehead atoms. The van der Waals surface area contributed by atoms with E-state index in [1.54, 1.807) is 6.20 Å². The van der Waals surface area contributed by atoms with E-state index in [1.165, 1.54) is 5.56 Å². The summed E-state index contributed by atoms with van der Waals surface area (Å²) in [6.07, 6.45) is 3.86. The Morgan fingerprint density at radius 1 is 1.25 bits per heavy atom. The molecule has 0 fully saturated rings. The Hall–Kier alpha value is -2.27. The molecule has 0 saturated carbocycles. The Labute approximate surface area is 117 Å². The standard InChI is InChI=1S/C15H17N5/c1-10-13-11(8-16-2)9-20(3)15(13)19-14(18-10)12-6-4-5-7-17-12/h4-7,9,16H,8H2,1-3H3. The maximum atomic E-state index is 4.67. The van der Waals surface area contributed by atoms with Gasteiger partial charge in [0.25, 0.3) is 0 Å². The Kier molecular flexibility index (Phi) is 3.20. The highest BCUT2D eigenvalue weighted by Gasteiger charge is 2.14. The second kappa shape index (κ2) is 5.02. The average molecular weight is 267 g/mol. The number of nitrogens with one attached hydrogen (secondary N) is 1. The van der Waals surface area contributed by atoms with Gasteiger partial charge in [0.2, 0.25) is 0 Å². The number of hydrogen-bond acceptors (Lipinski definition) is 4. The fraction of sp³-hybridized carbons (Fsp3) is 0.267. The lowest BCUT2D eigenvalue weighted by Crippen LogP contribution is -2.05. The second-order valence-electron chi connectivity index (χ2n) is 4.84. The molecule has 0 saturated heterocycles. The second-order valence-corrected chi connectivity index (χ2v) is 4.84. The average Bonchev–Trinajstić information content (AvgIpc) is 2.77. The van der Waals surface area contributed by atoms with Crippen LogP contribution in [0.5, 0.6) is 0 Å². The predicted octanol–water partition coefficient (Wildman–Crippen LogP) is 2.06. The van der Waals surface area contributed by atoms with E-state index in [9.17, 15) is 0 Å². The van der Waals surface area contributed by atoms with Gasteiger partial charge >= 0.3 is 0 Å². The van der Waals surface area contributed by atoms with Crippen molar-refractivity contribution in [3.05, 3.63) is 41.9 Å². The quantitative estimate of drug-likeness (QED) is 0.789. The van der Waals surface area contributed by atoms with Crippen molar-refractivity contribution in [2.24, 2.45) is 7.05 Å². The first-order chi connectivity index (χ1) is 9.70. The first-order valence-electron chi connectivity index (χ1n) is 6.59. The minimum Gasteiger partial charge on any atom is -0.335 e. The van der Waals surface area contributed by atoms with Gasteiger partial charge in [-0.25, -0.2) is 9.97 Å². The van der Waals surface area contributed by atoms with Gasteiger partial charge in [-0.2, -0.15) is 0 Å². The van der Waals surface area contributed by atoms with Gasteiger partial charge in [0.05, 0.1) is 5.69 Å². The molecule has 0 aliphatic carbocycles. The van der Waals surface area contributed by atoms with E-state index in [4.69, 9.17) is 0 Å². The van der Waals surface area contributed by atoms with Gasteiger partial charge in [-0.05, 0) is 31.7 Å². The van der Waals surface area contributed by atoms with E-state index in [0.29, 0.717) is 5.82 Å². The number of aryl methyl sites for hydroxylation is 2. The topological polar surface area (TPSA) is 55.6 Å². The molecule has 3 heterocycles. The summed E-state index contributed by atoms with van der Waals surface area (Å²) < 4.78 is 2.04. The first kappa shape index (κ1) is 12.7. The summed E-state index contributed by atoms with van der Waals surface area (Å²) in [6, 6.07) is 5.77. The summed E-state index contributed by atoms with van der Waals surface area (Å²) in [4.78, 5) is 13.6. The number of hydrogen-bond donors (Lipinski definition) is 1. The maximum Gasteiger partial charge on any atom is 0.180 e. The summed E-state index contributed by atoms with van der Waals surface area (Å²) in [5.41, 5.74) is 3.95. The molecule has 3 aromatic rings. The van der Waals surface area contributed by atoms with E-state index in [1.807, 2.05) is 43.8 Å². The lowest BCUT2D eigenvalue weighted by molar-refractivity contribution is 0.815. The van der Waals surface area contributed by atoms with Gasteiger partial charge in [0.1, 0.15) is 11.3 Å². The van der Waals surface area contributed by atoms with Crippen molar-refractivity contribution in [2.75, 3.05) is 7.05 Å². The SMILES string of the molecule is CNCc1cn(C)c2nc(-c3ccccn3)nc(C)c12. The van der Waals surface area contributed by atoms with Crippen molar-refractivity contribution in [3.8, 4) is 11.5 Å². The van der Waals surface area contributed by atoms with Crippen LogP contribution in [0.25, 0.3) is 22.6 Å². The van der Waals surface area contributed by atoms with Crippen molar-refractivity contribution in [1.29, 1.82) is 0 Å². The van der Waals surface area contributed by atoms with Gasteiger partial charge in [-0.1, -0.05) is 6.07 Å². The Morgan fingerprint density at radius 2 is 2.10 bits per heavy atom. The van der Waals surface area contributed by atoms with Crippen LogP contribution < -0.4 is 5.32 Å². The van der Waals surface area contributed by atoms with Crippen molar-refractivity contribution >= 4 is 11.0 Å². The number of aromatic nitrogens is 4. The smallest absolute Gasteiger partial charge is 0.180 e. The molecule has 0 atom stereocenters. The number of rotatable bonds is 3. The lowest BCUT2D eigenvalue weighted by atomic mass is 10.2. The molecule has 102 valence electrons. The number of nitrogens with zero attached hydrogens (tertiary/aromatic N) is 4. The molecular formula is C15H17N5. The summed E-state index contributed by atoms with van der Waals surface area (Å²) in [5, 5.41) is 4.31. The number of fused-ring (bicyclic) bond motifs is 1. The monoisotopic (exact) mass is 267 g/mol. The zero-order valence-corrected chi connectivity index (χ0v) is 11.9. The highest BCUT2D eigenvalue weighted by atomic mass is 15.1. The molecule has 0 amide bonds. The summed E-state index contributed by atoms with van der Waals surface area (Å²) in [6.45, 7) is 2.83. The van der Waals surface area contributed by atoms with Crippen molar-refractivity contribution < 1.29 is 0 Å². The fourth-order valence-corrected chi connectivity index (χ4v) is 2.48. The minimum atomic E-state index is 0.674. The molecular weight excluding hydrogens is 250 g/mol. The van der Waals surface area contributed by atoms with Gasteiger partial charge in [0, 0.05) is 31.4 Å². The summed E-state index contributed by atoms with van der Waals surface area (Å²) >= 11 is 0. The van der Waals surface area contributed by atoms with Crippen molar-refractivity contribution in [2.45, 2.75) is 13.5 Å². The zero-order valence-electron chi connectivity index (χ0n) is 11.9. The molecule has 5 nitrogen and oxygen atoms in total. The van der Waals surface area contributed by atoms with Gasteiger partial charge in [0.15, 0.2) is 5.82 Å². The molecule has 0 aromatic carbocycles. The van der Waals surface area contributed by atoms with Crippen molar-refractivity contribution in [1.82, 2.24) is 24.8 Å². The van der Waals surface area contributed by atoms with Gasteiger partial charge in [-0.15, -0.1) is 0 Å². The van der Waals surface area contributed by atoms with Crippen LogP contribution in [0.3, 0.4) is 0 Å². The van der Waals surface area contributed by atoms with Crippen LogP contribution in [0.2, 0.25) is 0 Å². The van der Waals surface area contributed by atoms with Crippen LogP contribution >= 0.6 is 0 Å². The third-order valence-corrected chi connectivity index (χ3v) is 3.34. The molecule has 0 aliphatic heterocycles. The molecule has 3 rings (SSSR count). The molecule has 20 heavy (non-hydrogen) atoms. The van der Waals surface area contributed by atoms with Gasteiger partial charge in [-0.3, -0.25) is 4.98 Å². The largest absolute Gasteiger partial charge is 0.335 e. The third-order valence-electron chi connectivity index (χ3n) is 3.34. The summed E-state index contributed by atoms with van der Waals surface area (Å²) in [7, 11) is 3.95. The molecule has 0 spiro atoms. The normalized spacial score (nSPS) is 11.2.